The predicted molar refractivity (Wildman–Crippen MR) is 121 cm³/mol. The van der Waals surface area contributed by atoms with E-state index in [4.69, 9.17) is 4.74 Å². The maximum absolute atomic E-state index is 13.1. The van der Waals surface area contributed by atoms with Crippen molar-refractivity contribution < 1.29 is 19.1 Å². The number of hydrogen-bond acceptors (Lipinski definition) is 4. The summed E-state index contributed by atoms with van der Waals surface area (Å²) in [5.41, 5.74) is 1.75. The van der Waals surface area contributed by atoms with E-state index < -0.39 is 23.4 Å². The van der Waals surface area contributed by atoms with Crippen LogP contribution in [0.5, 0.6) is 5.75 Å². The molecule has 7 nitrogen and oxygen atoms in total. The van der Waals surface area contributed by atoms with Gasteiger partial charge in [0.1, 0.15) is 17.8 Å². The molecule has 32 heavy (non-hydrogen) atoms. The molecule has 3 aromatic rings. The zero-order chi connectivity index (χ0) is 22.7. The minimum Gasteiger partial charge on any atom is -0.497 e. The Morgan fingerprint density at radius 2 is 1.62 bits per heavy atom. The van der Waals surface area contributed by atoms with Gasteiger partial charge >= 0.3 is 6.03 Å². The molecule has 4 amide bonds. The van der Waals surface area contributed by atoms with Gasteiger partial charge in [-0.05, 0) is 36.2 Å². The molecular formula is C25H23N3O4. The quantitative estimate of drug-likeness (QED) is 0.584. The van der Waals surface area contributed by atoms with Crippen LogP contribution in [-0.4, -0.2) is 36.4 Å². The molecule has 7 heteroatoms. The molecule has 0 bridgehead atoms. The summed E-state index contributed by atoms with van der Waals surface area (Å²) in [6, 6.07) is 23.3. The van der Waals surface area contributed by atoms with Crippen LogP contribution < -0.4 is 15.4 Å². The summed E-state index contributed by atoms with van der Waals surface area (Å²) in [6.45, 7) is 1.23. The van der Waals surface area contributed by atoms with Crippen LogP contribution in [0, 0.1) is 0 Å². The van der Waals surface area contributed by atoms with Gasteiger partial charge in [0, 0.05) is 11.3 Å². The zero-order valence-electron chi connectivity index (χ0n) is 17.8. The van der Waals surface area contributed by atoms with E-state index >= 15 is 0 Å². The van der Waals surface area contributed by atoms with Gasteiger partial charge in [0.2, 0.25) is 5.91 Å². The molecule has 1 heterocycles. The number of para-hydroxylation sites is 1. The van der Waals surface area contributed by atoms with Crippen LogP contribution >= 0.6 is 0 Å². The summed E-state index contributed by atoms with van der Waals surface area (Å²) < 4.78 is 5.15. The van der Waals surface area contributed by atoms with Crippen molar-refractivity contribution in [2.45, 2.75) is 12.5 Å². The third kappa shape index (κ3) is 3.92. The molecule has 1 saturated heterocycles. The highest BCUT2D eigenvalue weighted by Crippen LogP contribution is 2.31. The van der Waals surface area contributed by atoms with Crippen LogP contribution in [0.15, 0.2) is 78.9 Å². The van der Waals surface area contributed by atoms with Crippen molar-refractivity contribution in [3.05, 3.63) is 84.4 Å². The molecule has 0 spiro atoms. The number of carbonyl (C=O) groups is 3. The van der Waals surface area contributed by atoms with Crippen molar-refractivity contribution in [2.24, 2.45) is 0 Å². The Balaban J connectivity index is 1.51. The van der Waals surface area contributed by atoms with Gasteiger partial charge in [0.25, 0.3) is 5.91 Å². The van der Waals surface area contributed by atoms with Gasteiger partial charge in [-0.25, -0.2) is 4.79 Å². The standard InChI is InChI=1S/C25H23N3O4/c1-25(18-12-14-19(32-2)15-13-18)23(30)28(24(31)27-25)16-22(29)26-21-11-7-6-10-20(21)17-8-4-3-5-9-17/h3-15H,16H2,1-2H3,(H,26,29)(H,27,31). The lowest BCUT2D eigenvalue weighted by atomic mass is 9.92. The lowest BCUT2D eigenvalue weighted by molar-refractivity contribution is -0.133. The van der Waals surface area contributed by atoms with Gasteiger partial charge in [-0.3, -0.25) is 14.5 Å². The van der Waals surface area contributed by atoms with Crippen molar-refractivity contribution in [1.29, 1.82) is 0 Å². The van der Waals surface area contributed by atoms with Crippen LogP contribution in [0.1, 0.15) is 12.5 Å². The smallest absolute Gasteiger partial charge is 0.325 e. The Kier molecular flexibility index (Phi) is 5.64. The summed E-state index contributed by atoms with van der Waals surface area (Å²) in [4.78, 5) is 39.4. The second-order valence-electron chi connectivity index (χ2n) is 7.63. The van der Waals surface area contributed by atoms with Crippen LogP contribution in [0.2, 0.25) is 0 Å². The Bertz CT molecular complexity index is 1160. The second kappa shape index (κ2) is 8.55. The van der Waals surface area contributed by atoms with Gasteiger partial charge in [0.15, 0.2) is 0 Å². The monoisotopic (exact) mass is 429 g/mol. The van der Waals surface area contributed by atoms with E-state index in [1.54, 1.807) is 44.4 Å². The molecule has 162 valence electrons. The van der Waals surface area contributed by atoms with Gasteiger partial charge in [0.05, 0.1) is 7.11 Å². The lowest BCUT2D eigenvalue weighted by Gasteiger charge is -2.22. The van der Waals surface area contributed by atoms with E-state index in [2.05, 4.69) is 10.6 Å². The van der Waals surface area contributed by atoms with E-state index in [-0.39, 0.29) is 6.54 Å². The largest absolute Gasteiger partial charge is 0.497 e. The topological polar surface area (TPSA) is 87.7 Å². The second-order valence-corrected chi connectivity index (χ2v) is 7.63. The van der Waals surface area contributed by atoms with Crippen LogP contribution in [0.4, 0.5) is 10.5 Å². The average Bonchev–Trinajstić information content (AvgIpc) is 3.04. The maximum Gasteiger partial charge on any atom is 0.325 e. The first-order valence-corrected chi connectivity index (χ1v) is 10.2. The molecule has 0 radical (unpaired) electrons. The Morgan fingerprint density at radius 3 is 2.31 bits per heavy atom. The summed E-state index contributed by atoms with van der Waals surface area (Å²) in [5.74, 6) is -0.308. The number of rotatable bonds is 6. The van der Waals surface area contributed by atoms with Gasteiger partial charge < -0.3 is 15.4 Å². The highest BCUT2D eigenvalue weighted by molar-refractivity contribution is 6.10. The summed E-state index contributed by atoms with van der Waals surface area (Å²) in [7, 11) is 1.55. The molecule has 0 saturated carbocycles. The minimum atomic E-state index is -1.26. The first-order chi connectivity index (χ1) is 15.4. The molecule has 1 aliphatic rings. The molecule has 3 aromatic carbocycles. The molecule has 0 aliphatic carbocycles. The fourth-order valence-corrected chi connectivity index (χ4v) is 3.76. The van der Waals surface area contributed by atoms with Crippen LogP contribution in [0.3, 0.4) is 0 Å². The van der Waals surface area contributed by atoms with Crippen molar-refractivity contribution in [3.63, 3.8) is 0 Å². The molecule has 0 aromatic heterocycles. The number of nitrogens with one attached hydrogen (secondary N) is 2. The van der Waals surface area contributed by atoms with Crippen LogP contribution in [-0.2, 0) is 15.1 Å². The number of urea groups is 1. The highest BCUT2D eigenvalue weighted by Gasteiger charge is 2.49. The zero-order valence-corrected chi connectivity index (χ0v) is 17.8. The van der Waals surface area contributed by atoms with E-state index in [0.717, 1.165) is 16.0 Å². The van der Waals surface area contributed by atoms with E-state index in [1.807, 2.05) is 48.5 Å². The SMILES string of the molecule is COc1ccc(C2(C)NC(=O)N(CC(=O)Nc3ccccc3-c3ccccc3)C2=O)cc1. The first-order valence-electron chi connectivity index (χ1n) is 10.2. The lowest BCUT2D eigenvalue weighted by Crippen LogP contribution is -2.42. The fourth-order valence-electron chi connectivity index (χ4n) is 3.76. The van der Waals surface area contributed by atoms with Crippen molar-refractivity contribution >= 4 is 23.5 Å². The predicted octanol–water partition coefficient (Wildman–Crippen LogP) is 3.77. The summed E-state index contributed by atoms with van der Waals surface area (Å²) in [6.07, 6.45) is 0. The molecule has 1 unspecified atom stereocenters. The van der Waals surface area contributed by atoms with E-state index in [1.165, 1.54) is 0 Å². The minimum absolute atomic E-state index is 0.389. The number of imide groups is 1. The van der Waals surface area contributed by atoms with Gasteiger partial charge in [-0.1, -0.05) is 60.7 Å². The number of hydrogen-bond donors (Lipinski definition) is 2. The van der Waals surface area contributed by atoms with Crippen molar-refractivity contribution in [1.82, 2.24) is 10.2 Å². The number of nitrogens with zero attached hydrogens (tertiary/aromatic N) is 1. The number of methoxy groups -OCH3 is 1. The number of anilines is 1. The van der Waals surface area contributed by atoms with Crippen LogP contribution in [0.25, 0.3) is 11.1 Å². The molecular weight excluding hydrogens is 406 g/mol. The average molecular weight is 429 g/mol. The van der Waals surface area contributed by atoms with Crippen molar-refractivity contribution in [3.8, 4) is 16.9 Å². The number of benzene rings is 3. The Morgan fingerprint density at radius 1 is 0.969 bits per heavy atom. The molecule has 4 rings (SSSR count). The summed E-state index contributed by atoms with van der Waals surface area (Å²) in [5, 5.41) is 5.54. The Labute approximate surface area is 186 Å². The number of carbonyl (C=O) groups excluding carboxylic acids is 3. The van der Waals surface area contributed by atoms with Gasteiger partial charge in [-0.2, -0.15) is 0 Å². The van der Waals surface area contributed by atoms with E-state index in [0.29, 0.717) is 17.0 Å². The fraction of sp³-hybridized carbons (Fsp3) is 0.160. The van der Waals surface area contributed by atoms with Crippen molar-refractivity contribution in [2.75, 3.05) is 19.0 Å². The summed E-state index contributed by atoms with van der Waals surface area (Å²) >= 11 is 0. The number of ether oxygens (including phenoxy) is 1. The van der Waals surface area contributed by atoms with E-state index in [9.17, 15) is 14.4 Å². The third-order valence-electron chi connectivity index (χ3n) is 5.53. The van der Waals surface area contributed by atoms with Gasteiger partial charge in [-0.15, -0.1) is 0 Å². The highest BCUT2D eigenvalue weighted by atomic mass is 16.5. The molecule has 2 N–H and O–H groups in total. The Hall–Kier alpha value is -4.13. The number of amides is 4. The molecule has 1 atom stereocenters. The molecule has 1 fully saturated rings. The first kappa shape index (κ1) is 21.1. The maximum atomic E-state index is 13.1. The third-order valence-corrected chi connectivity index (χ3v) is 5.53. The molecule has 1 aliphatic heterocycles. The normalized spacial score (nSPS) is 17.8.